The van der Waals surface area contributed by atoms with Crippen molar-refractivity contribution in [3.63, 3.8) is 0 Å². The van der Waals surface area contributed by atoms with Crippen molar-refractivity contribution in [1.82, 2.24) is 5.32 Å². The number of carbonyl (C=O) groups is 1. The van der Waals surface area contributed by atoms with Gasteiger partial charge < -0.3 is 19.5 Å². The number of rotatable bonds is 9. The first-order valence-electron chi connectivity index (χ1n) is 5.53. The molecule has 0 aromatic carbocycles. The SMILES string of the molecule is CCCOCCOCC(C)(NC)C(=O)OC. The Balaban J connectivity index is 3.74. The van der Waals surface area contributed by atoms with Gasteiger partial charge in [-0.25, -0.2) is 4.79 Å². The highest BCUT2D eigenvalue weighted by Crippen LogP contribution is 2.06. The van der Waals surface area contributed by atoms with Crippen molar-refractivity contribution in [3.8, 4) is 0 Å². The van der Waals surface area contributed by atoms with Gasteiger partial charge in [-0.05, 0) is 20.4 Å². The van der Waals surface area contributed by atoms with Gasteiger partial charge in [0.25, 0.3) is 0 Å². The number of methoxy groups -OCH3 is 1. The molecule has 0 bridgehead atoms. The van der Waals surface area contributed by atoms with Crippen LogP contribution in [0.5, 0.6) is 0 Å². The minimum Gasteiger partial charge on any atom is -0.468 e. The van der Waals surface area contributed by atoms with Crippen molar-refractivity contribution in [2.75, 3.05) is 40.6 Å². The standard InChI is InChI=1S/C11H23NO4/c1-5-6-15-7-8-16-9-11(2,12-3)10(13)14-4/h12H,5-9H2,1-4H3. The van der Waals surface area contributed by atoms with Crippen LogP contribution in [0.3, 0.4) is 0 Å². The summed E-state index contributed by atoms with van der Waals surface area (Å²) in [6.45, 7) is 5.83. The maximum absolute atomic E-state index is 11.4. The smallest absolute Gasteiger partial charge is 0.328 e. The average molecular weight is 233 g/mol. The molecule has 0 aromatic heterocycles. The molecular formula is C11H23NO4. The molecule has 0 fully saturated rings. The Morgan fingerprint density at radius 1 is 1.25 bits per heavy atom. The van der Waals surface area contributed by atoms with Crippen LogP contribution in [-0.4, -0.2) is 52.1 Å². The van der Waals surface area contributed by atoms with Gasteiger partial charge in [0.1, 0.15) is 5.54 Å². The van der Waals surface area contributed by atoms with Crippen molar-refractivity contribution < 1.29 is 19.0 Å². The third-order valence-corrected chi connectivity index (χ3v) is 2.30. The monoisotopic (exact) mass is 233 g/mol. The zero-order valence-corrected chi connectivity index (χ0v) is 10.7. The van der Waals surface area contributed by atoms with E-state index >= 15 is 0 Å². The molecule has 1 atom stereocenters. The Kier molecular flexibility index (Phi) is 8.15. The first-order valence-corrected chi connectivity index (χ1v) is 5.53. The molecule has 96 valence electrons. The molecule has 0 amide bonds. The van der Waals surface area contributed by atoms with Gasteiger partial charge in [-0.1, -0.05) is 6.92 Å². The summed E-state index contributed by atoms with van der Waals surface area (Å²) >= 11 is 0. The number of ether oxygens (including phenoxy) is 3. The largest absolute Gasteiger partial charge is 0.468 e. The molecule has 1 N–H and O–H groups in total. The lowest BCUT2D eigenvalue weighted by molar-refractivity contribution is -0.150. The van der Waals surface area contributed by atoms with E-state index in [4.69, 9.17) is 9.47 Å². The van der Waals surface area contributed by atoms with Crippen molar-refractivity contribution in [2.45, 2.75) is 25.8 Å². The molecule has 16 heavy (non-hydrogen) atoms. The molecule has 0 aromatic rings. The summed E-state index contributed by atoms with van der Waals surface area (Å²) in [5, 5.41) is 2.89. The van der Waals surface area contributed by atoms with E-state index in [1.54, 1.807) is 14.0 Å². The fourth-order valence-corrected chi connectivity index (χ4v) is 1.10. The van der Waals surface area contributed by atoms with Crippen LogP contribution in [-0.2, 0) is 19.0 Å². The van der Waals surface area contributed by atoms with Crippen LogP contribution in [0.4, 0.5) is 0 Å². The van der Waals surface area contributed by atoms with Crippen LogP contribution in [0.1, 0.15) is 20.3 Å². The van der Waals surface area contributed by atoms with E-state index < -0.39 is 5.54 Å². The minimum atomic E-state index is -0.792. The van der Waals surface area contributed by atoms with Crippen molar-refractivity contribution in [1.29, 1.82) is 0 Å². The molecule has 0 heterocycles. The first-order chi connectivity index (χ1) is 7.60. The van der Waals surface area contributed by atoms with Crippen LogP contribution >= 0.6 is 0 Å². The van der Waals surface area contributed by atoms with Crippen LogP contribution in [0.2, 0.25) is 0 Å². The molecule has 0 aliphatic carbocycles. The summed E-state index contributed by atoms with van der Waals surface area (Å²) in [6, 6.07) is 0. The Hall–Kier alpha value is -0.650. The summed E-state index contributed by atoms with van der Waals surface area (Å²) in [5.74, 6) is -0.329. The second-order valence-corrected chi connectivity index (χ2v) is 3.74. The van der Waals surface area contributed by atoms with Crippen molar-refractivity contribution in [3.05, 3.63) is 0 Å². The van der Waals surface area contributed by atoms with E-state index in [1.807, 2.05) is 0 Å². The molecule has 0 radical (unpaired) electrons. The Bertz CT molecular complexity index is 198. The predicted molar refractivity (Wildman–Crippen MR) is 61.4 cm³/mol. The fraction of sp³-hybridized carbons (Fsp3) is 0.909. The topological polar surface area (TPSA) is 56.8 Å². The average Bonchev–Trinajstić information content (AvgIpc) is 2.32. The third kappa shape index (κ3) is 5.44. The van der Waals surface area contributed by atoms with E-state index in [9.17, 15) is 4.79 Å². The Morgan fingerprint density at radius 2 is 1.88 bits per heavy atom. The highest BCUT2D eigenvalue weighted by atomic mass is 16.5. The van der Waals surface area contributed by atoms with Crippen LogP contribution in [0.15, 0.2) is 0 Å². The Morgan fingerprint density at radius 3 is 2.38 bits per heavy atom. The lowest BCUT2D eigenvalue weighted by Crippen LogP contribution is -2.52. The van der Waals surface area contributed by atoms with E-state index in [2.05, 4.69) is 17.0 Å². The molecule has 5 nitrogen and oxygen atoms in total. The highest BCUT2D eigenvalue weighted by molar-refractivity contribution is 5.80. The maximum Gasteiger partial charge on any atom is 0.328 e. The zero-order valence-electron chi connectivity index (χ0n) is 10.7. The fourth-order valence-electron chi connectivity index (χ4n) is 1.10. The van der Waals surface area contributed by atoms with Gasteiger partial charge in [0.2, 0.25) is 0 Å². The second kappa shape index (κ2) is 8.50. The second-order valence-electron chi connectivity index (χ2n) is 3.74. The molecule has 5 heteroatoms. The van der Waals surface area contributed by atoms with E-state index in [1.165, 1.54) is 7.11 Å². The van der Waals surface area contributed by atoms with Gasteiger partial charge >= 0.3 is 5.97 Å². The summed E-state index contributed by atoms with van der Waals surface area (Å²) in [5.41, 5.74) is -0.792. The van der Waals surface area contributed by atoms with E-state index in [0.717, 1.165) is 13.0 Å². The summed E-state index contributed by atoms with van der Waals surface area (Å²) in [7, 11) is 3.07. The minimum absolute atomic E-state index is 0.270. The van der Waals surface area contributed by atoms with Gasteiger partial charge in [0, 0.05) is 6.61 Å². The van der Waals surface area contributed by atoms with Gasteiger partial charge in [-0.15, -0.1) is 0 Å². The molecule has 0 saturated carbocycles. The number of hydrogen-bond donors (Lipinski definition) is 1. The van der Waals surface area contributed by atoms with Gasteiger partial charge in [-0.3, -0.25) is 0 Å². The summed E-state index contributed by atoms with van der Waals surface area (Å²) in [4.78, 5) is 11.4. The number of carbonyl (C=O) groups excluding carboxylic acids is 1. The summed E-state index contributed by atoms with van der Waals surface area (Å²) in [6.07, 6.45) is 0.996. The van der Waals surface area contributed by atoms with Gasteiger partial charge in [0.15, 0.2) is 0 Å². The van der Waals surface area contributed by atoms with Crippen LogP contribution < -0.4 is 5.32 Å². The molecule has 0 aliphatic heterocycles. The number of likely N-dealkylation sites (N-methyl/N-ethyl adjacent to an activating group) is 1. The lowest BCUT2D eigenvalue weighted by Gasteiger charge is -2.25. The lowest BCUT2D eigenvalue weighted by atomic mass is 10.1. The zero-order chi connectivity index (χ0) is 12.4. The number of hydrogen-bond acceptors (Lipinski definition) is 5. The van der Waals surface area contributed by atoms with Gasteiger partial charge in [0.05, 0.1) is 26.9 Å². The van der Waals surface area contributed by atoms with Crippen LogP contribution in [0, 0.1) is 0 Å². The number of nitrogens with one attached hydrogen (secondary N) is 1. The number of esters is 1. The quantitative estimate of drug-likeness (QED) is 0.466. The van der Waals surface area contributed by atoms with Crippen LogP contribution in [0.25, 0.3) is 0 Å². The molecule has 1 unspecified atom stereocenters. The van der Waals surface area contributed by atoms with Crippen molar-refractivity contribution in [2.24, 2.45) is 0 Å². The predicted octanol–water partition coefficient (Wildman–Crippen LogP) is 0.581. The molecular weight excluding hydrogens is 210 g/mol. The third-order valence-electron chi connectivity index (χ3n) is 2.30. The molecule has 0 spiro atoms. The van der Waals surface area contributed by atoms with Gasteiger partial charge in [-0.2, -0.15) is 0 Å². The van der Waals surface area contributed by atoms with E-state index in [0.29, 0.717) is 13.2 Å². The highest BCUT2D eigenvalue weighted by Gasteiger charge is 2.32. The molecule has 0 saturated heterocycles. The first kappa shape index (κ1) is 15.3. The Labute approximate surface area is 97.4 Å². The summed E-state index contributed by atoms with van der Waals surface area (Å²) < 4.78 is 15.3. The normalized spacial score (nSPS) is 14.5. The van der Waals surface area contributed by atoms with Crippen molar-refractivity contribution >= 4 is 5.97 Å². The molecule has 0 aliphatic rings. The maximum atomic E-state index is 11.4. The van der Waals surface area contributed by atoms with E-state index in [-0.39, 0.29) is 12.6 Å². The molecule has 0 rings (SSSR count).